The second-order valence-corrected chi connectivity index (χ2v) is 4.07. The van der Waals surface area contributed by atoms with Gasteiger partial charge in [-0.25, -0.2) is 0 Å². The first kappa shape index (κ1) is 13.5. The van der Waals surface area contributed by atoms with Gasteiger partial charge in [-0.05, 0) is 48.5 Å². The topological polar surface area (TPSA) is 72.5 Å². The fourth-order valence-corrected chi connectivity index (χ4v) is 1.50. The molecule has 0 radical (unpaired) electrons. The molecule has 0 saturated carbocycles. The van der Waals surface area contributed by atoms with Crippen LogP contribution in [0.15, 0.2) is 48.5 Å². The molecular weight excluding hydrogens is 254 g/mol. The summed E-state index contributed by atoms with van der Waals surface area (Å²) in [6, 6.07) is 14.2. The number of ether oxygens (including phenoxy) is 1. The maximum atomic E-state index is 10.3. The van der Waals surface area contributed by atoms with Crippen LogP contribution in [0, 0.1) is 11.8 Å². The first-order valence-corrected chi connectivity index (χ1v) is 5.97. The standard InChI is InChI=1S/C16H13NO3/c17-13-6-10-15(11-7-13)20-14-8-4-12(5-9-14)2-1-3-16(18)19/h4-11H,3,17H2,(H,18,19). The summed E-state index contributed by atoms with van der Waals surface area (Å²) >= 11 is 0. The maximum absolute atomic E-state index is 10.3. The van der Waals surface area contributed by atoms with Crippen LogP contribution >= 0.6 is 0 Å². The number of nitrogens with two attached hydrogens (primary N) is 1. The number of carboxylic acid groups (broad SMARTS) is 1. The molecule has 0 aliphatic carbocycles. The van der Waals surface area contributed by atoms with Crippen LogP contribution in [0.2, 0.25) is 0 Å². The molecule has 0 saturated heterocycles. The van der Waals surface area contributed by atoms with Crippen molar-refractivity contribution in [3.05, 3.63) is 54.1 Å². The Morgan fingerprint density at radius 3 is 2.15 bits per heavy atom. The lowest BCUT2D eigenvalue weighted by Crippen LogP contribution is -1.90. The predicted molar refractivity (Wildman–Crippen MR) is 76.5 cm³/mol. The first-order valence-electron chi connectivity index (χ1n) is 5.97. The van der Waals surface area contributed by atoms with E-state index in [9.17, 15) is 4.79 Å². The first-order chi connectivity index (χ1) is 9.63. The van der Waals surface area contributed by atoms with Crippen molar-refractivity contribution in [2.45, 2.75) is 6.42 Å². The lowest BCUT2D eigenvalue weighted by molar-refractivity contribution is -0.135. The molecular formula is C16H13NO3. The smallest absolute Gasteiger partial charge is 0.315 e. The van der Waals surface area contributed by atoms with Crippen LogP contribution in [-0.4, -0.2) is 11.1 Å². The Bertz CT molecular complexity index is 649. The van der Waals surface area contributed by atoms with Gasteiger partial charge in [0.1, 0.15) is 17.9 Å². The van der Waals surface area contributed by atoms with E-state index in [4.69, 9.17) is 15.6 Å². The number of anilines is 1. The van der Waals surface area contributed by atoms with E-state index in [-0.39, 0.29) is 6.42 Å². The van der Waals surface area contributed by atoms with E-state index in [2.05, 4.69) is 11.8 Å². The molecule has 0 fully saturated rings. The molecule has 2 rings (SSSR count). The Hall–Kier alpha value is -2.93. The molecule has 2 aromatic rings. The molecule has 2 aromatic carbocycles. The van der Waals surface area contributed by atoms with Crippen molar-refractivity contribution in [3.8, 4) is 23.3 Å². The third-order valence-electron chi connectivity index (χ3n) is 2.44. The number of carbonyl (C=O) groups is 1. The van der Waals surface area contributed by atoms with E-state index in [1.807, 2.05) is 0 Å². The molecule has 3 N–H and O–H groups in total. The summed E-state index contributed by atoms with van der Waals surface area (Å²) in [4.78, 5) is 10.3. The van der Waals surface area contributed by atoms with Gasteiger partial charge in [-0.3, -0.25) is 4.79 Å². The van der Waals surface area contributed by atoms with E-state index in [0.29, 0.717) is 17.2 Å². The van der Waals surface area contributed by atoms with Crippen LogP contribution < -0.4 is 10.5 Å². The van der Waals surface area contributed by atoms with Crippen LogP contribution in [0.1, 0.15) is 12.0 Å². The van der Waals surface area contributed by atoms with Crippen molar-refractivity contribution in [1.29, 1.82) is 0 Å². The van der Waals surface area contributed by atoms with Crippen LogP contribution in [0.3, 0.4) is 0 Å². The largest absolute Gasteiger partial charge is 0.481 e. The highest BCUT2D eigenvalue weighted by molar-refractivity contribution is 5.70. The molecule has 0 unspecified atom stereocenters. The number of aliphatic carboxylic acids is 1. The second kappa shape index (κ2) is 6.30. The number of carboxylic acids is 1. The molecule has 0 aliphatic heterocycles. The van der Waals surface area contributed by atoms with Crippen LogP contribution in [-0.2, 0) is 4.79 Å². The number of benzene rings is 2. The average molecular weight is 267 g/mol. The summed E-state index contributed by atoms with van der Waals surface area (Å²) in [6.07, 6.45) is -0.163. The Balaban J connectivity index is 2.02. The lowest BCUT2D eigenvalue weighted by Gasteiger charge is -2.05. The van der Waals surface area contributed by atoms with Crippen molar-refractivity contribution in [3.63, 3.8) is 0 Å². The number of hydrogen-bond acceptors (Lipinski definition) is 3. The third-order valence-corrected chi connectivity index (χ3v) is 2.44. The fourth-order valence-electron chi connectivity index (χ4n) is 1.50. The van der Waals surface area contributed by atoms with Gasteiger partial charge < -0.3 is 15.6 Å². The summed E-state index contributed by atoms with van der Waals surface area (Å²) in [6.45, 7) is 0. The normalized spacial score (nSPS) is 9.40. The van der Waals surface area contributed by atoms with Gasteiger partial charge in [-0.2, -0.15) is 0 Å². The average Bonchev–Trinajstić information content (AvgIpc) is 2.43. The quantitative estimate of drug-likeness (QED) is 0.662. The van der Waals surface area contributed by atoms with E-state index in [1.54, 1.807) is 48.5 Å². The van der Waals surface area contributed by atoms with Crippen molar-refractivity contribution >= 4 is 11.7 Å². The molecule has 100 valence electrons. The molecule has 4 nitrogen and oxygen atoms in total. The zero-order chi connectivity index (χ0) is 14.4. The summed E-state index contributed by atoms with van der Waals surface area (Å²) in [5, 5.41) is 8.49. The van der Waals surface area contributed by atoms with Crippen molar-refractivity contribution in [1.82, 2.24) is 0 Å². The molecule has 0 bridgehead atoms. The van der Waals surface area contributed by atoms with E-state index in [1.165, 1.54) is 0 Å². The predicted octanol–water partition coefficient (Wildman–Crippen LogP) is 2.89. The molecule has 4 heteroatoms. The highest BCUT2D eigenvalue weighted by Gasteiger charge is 1.97. The second-order valence-electron chi connectivity index (χ2n) is 4.07. The highest BCUT2D eigenvalue weighted by atomic mass is 16.5. The molecule has 0 amide bonds. The van der Waals surface area contributed by atoms with Gasteiger partial charge in [0.05, 0.1) is 0 Å². The SMILES string of the molecule is Nc1ccc(Oc2ccc(C#CCC(=O)O)cc2)cc1. The Morgan fingerprint density at radius 1 is 1.05 bits per heavy atom. The number of rotatable bonds is 3. The molecule has 0 aromatic heterocycles. The third kappa shape index (κ3) is 4.07. The minimum absolute atomic E-state index is 0.163. The molecule has 0 spiro atoms. The van der Waals surface area contributed by atoms with E-state index in [0.717, 1.165) is 5.56 Å². The zero-order valence-electron chi connectivity index (χ0n) is 10.7. The van der Waals surface area contributed by atoms with Gasteiger partial charge >= 0.3 is 5.97 Å². The number of hydrogen-bond donors (Lipinski definition) is 2. The highest BCUT2D eigenvalue weighted by Crippen LogP contribution is 2.22. The van der Waals surface area contributed by atoms with Crippen molar-refractivity contribution in [2.75, 3.05) is 5.73 Å². The molecule has 0 heterocycles. The molecule has 0 aliphatic rings. The Kier molecular flexibility index (Phi) is 4.25. The summed E-state index contributed by atoms with van der Waals surface area (Å²) in [5.41, 5.74) is 7.02. The van der Waals surface area contributed by atoms with Crippen LogP contribution in [0.4, 0.5) is 5.69 Å². The number of nitrogen functional groups attached to an aromatic ring is 1. The van der Waals surface area contributed by atoms with Gasteiger partial charge in [0.2, 0.25) is 0 Å². The summed E-state index contributed by atoms with van der Waals surface area (Å²) < 4.78 is 5.63. The van der Waals surface area contributed by atoms with E-state index < -0.39 is 5.97 Å². The molecule has 20 heavy (non-hydrogen) atoms. The van der Waals surface area contributed by atoms with Gasteiger partial charge in [-0.1, -0.05) is 11.8 Å². The summed E-state index contributed by atoms with van der Waals surface area (Å²) in [7, 11) is 0. The van der Waals surface area contributed by atoms with Crippen LogP contribution in [0.25, 0.3) is 0 Å². The van der Waals surface area contributed by atoms with Gasteiger partial charge in [-0.15, -0.1) is 0 Å². The zero-order valence-corrected chi connectivity index (χ0v) is 10.7. The monoisotopic (exact) mass is 267 g/mol. The van der Waals surface area contributed by atoms with Crippen molar-refractivity contribution in [2.24, 2.45) is 0 Å². The Morgan fingerprint density at radius 2 is 1.60 bits per heavy atom. The minimum Gasteiger partial charge on any atom is -0.481 e. The van der Waals surface area contributed by atoms with E-state index >= 15 is 0 Å². The molecule has 0 atom stereocenters. The summed E-state index contributed by atoms with van der Waals surface area (Å²) in [5.74, 6) is 5.79. The van der Waals surface area contributed by atoms with Gasteiger partial charge in [0.25, 0.3) is 0 Å². The lowest BCUT2D eigenvalue weighted by atomic mass is 10.2. The fraction of sp³-hybridized carbons (Fsp3) is 0.0625. The maximum Gasteiger partial charge on any atom is 0.315 e. The Labute approximate surface area is 116 Å². The van der Waals surface area contributed by atoms with Gasteiger partial charge in [0, 0.05) is 11.3 Å². The van der Waals surface area contributed by atoms with Gasteiger partial charge in [0.15, 0.2) is 0 Å². The van der Waals surface area contributed by atoms with Crippen LogP contribution in [0.5, 0.6) is 11.5 Å². The van der Waals surface area contributed by atoms with Crippen molar-refractivity contribution < 1.29 is 14.6 Å². The minimum atomic E-state index is -0.930.